The van der Waals surface area contributed by atoms with Gasteiger partial charge in [0.25, 0.3) is 0 Å². The van der Waals surface area contributed by atoms with Crippen LogP contribution in [-0.4, -0.2) is 25.6 Å². The molecule has 6 nitrogen and oxygen atoms in total. The normalized spacial score (nSPS) is 10.1. The van der Waals surface area contributed by atoms with E-state index in [0.29, 0.717) is 24.7 Å². The van der Waals surface area contributed by atoms with Crippen molar-refractivity contribution in [2.24, 2.45) is 0 Å². The fraction of sp³-hybridized carbons (Fsp3) is 0.500. The minimum atomic E-state index is -1.23. The van der Waals surface area contributed by atoms with E-state index in [1.807, 2.05) is 6.07 Å². The van der Waals surface area contributed by atoms with Gasteiger partial charge in [0.05, 0.1) is 13.7 Å². The molecule has 0 saturated heterocycles. The Bertz CT molecular complexity index is 501. The molecule has 1 N–H and O–H groups in total. The molecule has 0 atom stereocenters. The third-order valence-electron chi connectivity index (χ3n) is 3.03. The van der Waals surface area contributed by atoms with E-state index in [1.54, 1.807) is 19.2 Å². The number of carboxylic acids is 1. The molecule has 0 aliphatic heterocycles. The number of carbonyl (C=O) groups excluding carboxylic acids is 2. The van der Waals surface area contributed by atoms with Crippen molar-refractivity contribution in [3.63, 3.8) is 0 Å². The van der Waals surface area contributed by atoms with Crippen molar-refractivity contribution in [1.82, 2.24) is 5.32 Å². The highest BCUT2D eigenvalue weighted by atomic mass is 16.5. The number of carbonyl (C=O) groups is 2. The van der Waals surface area contributed by atoms with Gasteiger partial charge in [0.1, 0.15) is 0 Å². The summed E-state index contributed by atoms with van der Waals surface area (Å²) in [7, 11) is 1.56. The van der Waals surface area contributed by atoms with Gasteiger partial charge in [-0.1, -0.05) is 19.4 Å². The molecule has 0 aliphatic carbocycles. The SMILES string of the molecule is CCCCOc1ccc(CNC(=O)CCC(=O)[O-])cc1OC. The fourth-order valence-electron chi connectivity index (χ4n) is 1.77. The second kappa shape index (κ2) is 9.65. The maximum atomic E-state index is 11.5. The van der Waals surface area contributed by atoms with Crippen molar-refractivity contribution in [3.8, 4) is 11.5 Å². The maximum absolute atomic E-state index is 11.5. The van der Waals surface area contributed by atoms with Gasteiger partial charge in [-0.05, 0) is 30.5 Å². The molecule has 0 heterocycles. The second-order valence-corrected chi connectivity index (χ2v) is 4.84. The summed E-state index contributed by atoms with van der Waals surface area (Å²) in [5, 5.41) is 12.9. The van der Waals surface area contributed by atoms with Crippen molar-refractivity contribution in [3.05, 3.63) is 23.8 Å². The number of rotatable bonds is 10. The Morgan fingerprint density at radius 1 is 1.23 bits per heavy atom. The van der Waals surface area contributed by atoms with Gasteiger partial charge in [-0.3, -0.25) is 4.79 Å². The Hall–Kier alpha value is -2.24. The zero-order chi connectivity index (χ0) is 16.4. The molecule has 0 bridgehead atoms. The van der Waals surface area contributed by atoms with Gasteiger partial charge in [0, 0.05) is 18.9 Å². The third-order valence-corrected chi connectivity index (χ3v) is 3.03. The number of hydrogen-bond donors (Lipinski definition) is 1. The van der Waals surface area contributed by atoms with E-state index in [4.69, 9.17) is 9.47 Å². The largest absolute Gasteiger partial charge is 0.550 e. The van der Waals surface area contributed by atoms with E-state index in [9.17, 15) is 14.7 Å². The number of hydrogen-bond acceptors (Lipinski definition) is 5. The molecule has 1 aromatic carbocycles. The average molecular weight is 308 g/mol. The van der Waals surface area contributed by atoms with Gasteiger partial charge in [-0.25, -0.2) is 0 Å². The molecule has 0 spiro atoms. The first-order valence-corrected chi connectivity index (χ1v) is 7.33. The van der Waals surface area contributed by atoms with Crippen molar-refractivity contribution in [1.29, 1.82) is 0 Å². The number of aliphatic carboxylic acids is 1. The Kier molecular flexibility index (Phi) is 7.81. The van der Waals surface area contributed by atoms with Crippen LogP contribution in [-0.2, 0) is 16.1 Å². The third kappa shape index (κ3) is 6.47. The molecule has 1 aromatic rings. The van der Waals surface area contributed by atoms with E-state index in [2.05, 4.69) is 12.2 Å². The molecule has 1 rings (SSSR count). The maximum Gasteiger partial charge on any atom is 0.220 e. The summed E-state index contributed by atoms with van der Waals surface area (Å²) in [5.41, 5.74) is 0.849. The minimum absolute atomic E-state index is 0.0856. The summed E-state index contributed by atoms with van der Waals surface area (Å²) >= 11 is 0. The number of nitrogens with one attached hydrogen (secondary N) is 1. The predicted octanol–water partition coefficient (Wildman–Crippen LogP) is 1.02. The number of methoxy groups -OCH3 is 1. The zero-order valence-electron chi connectivity index (χ0n) is 13.0. The Morgan fingerprint density at radius 2 is 2.00 bits per heavy atom. The van der Waals surface area contributed by atoms with Gasteiger partial charge in [0.15, 0.2) is 11.5 Å². The summed E-state index contributed by atoms with van der Waals surface area (Å²) in [5.74, 6) is -0.280. The molecular formula is C16H22NO5-. The highest BCUT2D eigenvalue weighted by Gasteiger charge is 2.07. The number of amides is 1. The highest BCUT2D eigenvalue weighted by molar-refractivity contribution is 5.79. The highest BCUT2D eigenvalue weighted by Crippen LogP contribution is 2.28. The smallest absolute Gasteiger partial charge is 0.220 e. The lowest BCUT2D eigenvalue weighted by Crippen LogP contribution is -2.27. The molecule has 6 heteroatoms. The molecule has 1 amide bonds. The first kappa shape index (κ1) is 17.8. The van der Waals surface area contributed by atoms with E-state index >= 15 is 0 Å². The topological polar surface area (TPSA) is 87.7 Å². The number of carboxylic acid groups (broad SMARTS) is 1. The van der Waals surface area contributed by atoms with Gasteiger partial charge in [-0.15, -0.1) is 0 Å². The number of benzene rings is 1. The summed E-state index contributed by atoms with van der Waals surface area (Å²) < 4.78 is 10.9. The Labute approximate surface area is 130 Å². The molecule has 0 aliphatic rings. The van der Waals surface area contributed by atoms with Crippen LogP contribution in [0.25, 0.3) is 0 Å². The van der Waals surface area contributed by atoms with Crippen LogP contribution in [0.1, 0.15) is 38.2 Å². The van der Waals surface area contributed by atoms with Crippen molar-refractivity contribution in [2.45, 2.75) is 39.2 Å². The lowest BCUT2D eigenvalue weighted by Gasteiger charge is -2.12. The van der Waals surface area contributed by atoms with Crippen molar-refractivity contribution < 1.29 is 24.2 Å². The number of unbranched alkanes of at least 4 members (excludes halogenated alkanes) is 1. The summed E-state index contributed by atoms with van der Waals surface area (Å²) in [4.78, 5) is 21.7. The van der Waals surface area contributed by atoms with Gasteiger partial charge in [-0.2, -0.15) is 0 Å². The lowest BCUT2D eigenvalue weighted by molar-refractivity contribution is -0.305. The quantitative estimate of drug-likeness (QED) is 0.652. The van der Waals surface area contributed by atoms with Crippen molar-refractivity contribution >= 4 is 11.9 Å². The van der Waals surface area contributed by atoms with E-state index in [0.717, 1.165) is 18.4 Å². The second-order valence-electron chi connectivity index (χ2n) is 4.84. The van der Waals surface area contributed by atoms with Gasteiger partial charge in [0.2, 0.25) is 5.91 Å². The summed E-state index contributed by atoms with van der Waals surface area (Å²) in [6.07, 6.45) is 1.66. The van der Waals surface area contributed by atoms with Crippen LogP contribution >= 0.6 is 0 Å². The van der Waals surface area contributed by atoms with Gasteiger partial charge >= 0.3 is 0 Å². The molecule has 122 valence electrons. The predicted molar refractivity (Wildman–Crippen MR) is 79.5 cm³/mol. The standard InChI is InChI=1S/C16H23NO5/c1-3-4-9-22-13-6-5-12(10-14(13)21-2)11-17-15(18)7-8-16(19)20/h5-6,10H,3-4,7-9,11H2,1-2H3,(H,17,18)(H,19,20)/p-1. The van der Waals surface area contributed by atoms with Crippen LogP contribution in [0.15, 0.2) is 18.2 Å². The first-order valence-electron chi connectivity index (χ1n) is 7.33. The minimum Gasteiger partial charge on any atom is -0.550 e. The Balaban J connectivity index is 2.54. The molecule has 22 heavy (non-hydrogen) atoms. The lowest BCUT2D eigenvalue weighted by atomic mass is 10.2. The van der Waals surface area contributed by atoms with Crippen LogP contribution in [0.3, 0.4) is 0 Å². The summed E-state index contributed by atoms with van der Waals surface area (Å²) in [6.45, 7) is 3.02. The van der Waals surface area contributed by atoms with Crippen LogP contribution in [0.5, 0.6) is 11.5 Å². The van der Waals surface area contributed by atoms with Crippen LogP contribution in [0, 0.1) is 0 Å². The molecule has 0 fully saturated rings. The van der Waals surface area contributed by atoms with Crippen LogP contribution < -0.4 is 19.9 Å². The molecular weight excluding hydrogens is 286 g/mol. The molecule has 0 saturated carbocycles. The van der Waals surface area contributed by atoms with Crippen molar-refractivity contribution in [2.75, 3.05) is 13.7 Å². The average Bonchev–Trinajstić information content (AvgIpc) is 2.51. The summed E-state index contributed by atoms with van der Waals surface area (Å²) in [6, 6.07) is 5.43. The molecule has 0 aromatic heterocycles. The van der Waals surface area contributed by atoms with E-state index < -0.39 is 5.97 Å². The van der Waals surface area contributed by atoms with Gasteiger partial charge < -0.3 is 24.7 Å². The van der Waals surface area contributed by atoms with E-state index in [1.165, 1.54) is 0 Å². The monoisotopic (exact) mass is 308 g/mol. The fourth-order valence-corrected chi connectivity index (χ4v) is 1.77. The zero-order valence-corrected chi connectivity index (χ0v) is 13.0. The van der Waals surface area contributed by atoms with E-state index in [-0.39, 0.29) is 18.7 Å². The van der Waals surface area contributed by atoms with Crippen LogP contribution in [0.4, 0.5) is 0 Å². The number of ether oxygens (including phenoxy) is 2. The van der Waals surface area contributed by atoms with Crippen LogP contribution in [0.2, 0.25) is 0 Å². The Morgan fingerprint density at radius 3 is 2.64 bits per heavy atom. The first-order chi connectivity index (χ1) is 10.6. The molecule has 0 unspecified atom stereocenters. The molecule has 0 radical (unpaired) electrons.